The molecular weight excluding hydrogens is 427 g/mol. The minimum Gasteiger partial charge on any atom is -0.466 e. The summed E-state index contributed by atoms with van der Waals surface area (Å²) in [7, 11) is 1.32. The number of esters is 1. The molecule has 0 fully saturated rings. The number of carbonyl (C=O) groups excluding carboxylic acids is 1. The first-order valence-electron chi connectivity index (χ1n) is 10.3. The lowest BCUT2D eigenvalue weighted by atomic mass is 9.93. The van der Waals surface area contributed by atoms with Gasteiger partial charge in [-0.1, -0.05) is 61.6 Å². The van der Waals surface area contributed by atoms with Crippen molar-refractivity contribution in [3.05, 3.63) is 102 Å². The van der Waals surface area contributed by atoms with E-state index in [0.717, 1.165) is 11.1 Å². The number of fused-ring (bicyclic) bond motifs is 1. The molecule has 0 radical (unpaired) electrons. The van der Waals surface area contributed by atoms with Gasteiger partial charge in [0.05, 0.1) is 29.0 Å². The van der Waals surface area contributed by atoms with E-state index >= 15 is 0 Å². The second-order valence-electron chi connectivity index (χ2n) is 7.95. The zero-order valence-corrected chi connectivity index (χ0v) is 19.1. The molecular formula is C25H23FN2O3S. The van der Waals surface area contributed by atoms with Crippen molar-refractivity contribution < 1.29 is 13.9 Å². The molecule has 0 amide bonds. The fourth-order valence-corrected chi connectivity index (χ4v) is 4.83. The monoisotopic (exact) mass is 450 g/mol. The molecule has 1 aliphatic rings. The van der Waals surface area contributed by atoms with Crippen molar-refractivity contribution in [1.29, 1.82) is 0 Å². The van der Waals surface area contributed by atoms with Crippen LogP contribution in [0.1, 0.15) is 49.4 Å². The summed E-state index contributed by atoms with van der Waals surface area (Å²) in [4.78, 5) is 31.2. The van der Waals surface area contributed by atoms with Crippen LogP contribution in [0.2, 0.25) is 0 Å². The number of methoxy groups -OCH3 is 1. The van der Waals surface area contributed by atoms with Gasteiger partial charge in [-0.2, -0.15) is 0 Å². The predicted octanol–water partition coefficient (Wildman–Crippen LogP) is 3.67. The molecule has 0 saturated heterocycles. The molecule has 2 aromatic carbocycles. The molecule has 32 heavy (non-hydrogen) atoms. The SMILES string of the molecule is COC(=O)C1=C(C)N=c2s/c(=C/c3ccc(F)cc3)c(=O)n2[C@@H]1c1ccc(C(C)C)cc1. The average molecular weight is 451 g/mol. The zero-order chi connectivity index (χ0) is 23.0. The van der Waals surface area contributed by atoms with Crippen molar-refractivity contribution in [3.63, 3.8) is 0 Å². The second kappa shape index (κ2) is 8.67. The first kappa shape index (κ1) is 21.9. The van der Waals surface area contributed by atoms with Crippen LogP contribution in [-0.2, 0) is 9.53 Å². The van der Waals surface area contributed by atoms with E-state index in [9.17, 15) is 14.0 Å². The minimum absolute atomic E-state index is 0.259. The third kappa shape index (κ3) is 3.96. The molecule has 0 spiro atoms. The third-order valence-corrected chi connectivity index (χ3v) is 6.50. The van der Waals surface area contributed by atoms with E-state index in [0.29, 0.717) is 32.1 Å². The molecule has 0 saturated carbocycles. The molecule has 3 aromatic rings. The predicted molar refractivity (Wildman–Crippen MR) is 123 cm³/mol. The standard InChI is InChI=1S/C25H23FN2O3S/c1-14(2)17-7-9-18(10-8-17)22-21(24(30)31-4)15(3)27-25-28(22)23(29)20(32-25)13-16-5-11-19(26)12-6-16/h5-14,22H,1-4H3/b20-13+/t22-/m1/s1. The van der Waals surface area contributed by atoms with E-state index in [2.05, 4.69) is 18.8 Å². The van der Waals surface area contributed by atoms with Gasteiger partial charge in [0, 0.05) is 0 Å². The van der Waals surface area contributed by atoms with Crippen molar-refractivity contribution in [3.8, 4) is 0 Å². The summed E-state index contributed by atoms with van der Waals surface area (Å²) in [5.74, 6) is -0.497. The first-order chi connectivity index (χ1) is 15.3. The fourth-order valence-electron chi connectivity index (χ4n) is 3.78. The number of aromatic nitrogens is 1. The van der Waals surface area contributed by atoms with E-state index in [1.165, 1.54) is 30.6 Å². The van der Waals surface area contributed by atoms with Crippen LogP contribution in [0.5, 0.6) is 0 Å². The first-order valence-corrected chi connectivity index (χ1v) is 11.1. The Hall–Kier alpha value is -3.32. The Labute approximate surface area is 188 Å². The number of nitrogens with zero attached hydrogens (tertiary/aromatic N) is 2. The molecule has 2 heterocycles. The van der Waals surface area contributed by atoms with Gasteiger partial charge in [-0.25, -0.2) is 14.2 Å². The van der Waals surface area contributed by atoms with Crippen LogP contribution < -0.4 is 14.9 Å². The number of rotatable bonds is 4. The Bertz CT molecular complexity index is 1380. The van der Waals surface area contributed by atoms with Crippen LogP contribution in [0.4, 0.5) is 4.39 Å². The summed E-state index contributed by atoms with van der Waals surface area (Å²) >= 11 is 1.24. The molecule has 7 heteroatoms. The zero-order valence-electron chi connectivity index (χ0n) is 18.3. The van der Waals surface area contributed by atoms with Gasteiger partial charge in [-0.05, 0) is 47.7 Å². The average Bonchev–Trinajstić information content (AvgIpc) is 3.08. The largest absolute Gasteiger partial charge is 0.466 e. The van der Waals surface area contributed by atoms with Gasteiger partial charge in [0.1, 0.15) is 5.82 Å². The van der Waals surface area contributed by atoms with Gasteiger partial charge < -0.3 is 4.74 Å². The Morgan fingerprint density at radius 3 is 2.41 bits per heavy atom. The molecule has 1 atom stereocenters. The summed E-state index contributed by atoms with van der Waals surface area (Å²) in [6.45, 7) is 5.97. The van der Waals surface area contributed by atoms with Gasteiger partial charge in [-0.15, -0.1) is 0 Å². The maximum Gasteiger partial charge on any atom is 0.338 e. The molecule has 0 aliphatic carbocycles. The number of hydrogen-bond acceptors (Lipinski definition) is 5. The van der Waals surface area contributed by atoms with E-state index in [4.69, 9.17) is 4.74 Å². The maximum absolute atomic E-state index is 13.4. The summed E-state index contributed by atoms with van der Waals surface area (Å²) < 4.78 is 20.3. The topological polar surface area (TPSA) is 60.7 Å². The Balaban J connectivity index is 1.93. The Morgan fingerprint density at radius 2 is 1.81 bits per heavy atom. The van der Waals surface area contributed by atoms with Gasteiger partial charge in [0.15, 0.2) is 4.80 Å². The second-order valence-corrected chi connectivity index (χ2v) is 8.96. The molecule has 1 aliphatic heterocycles. The Morgan fingerprint density at radius 1 is 1.16 bits per heavy atom. The molecule has 5 nitrogen and oxygen atoms in total. The molecule has 0 bridgehead atoms. The van der Waals surface area contributed by atoms with Gasteiger partial charge in [0.25, 0.3) is 5.56 Å². The molecule has 0 unspecified atom stereocenters. The van der Waals surface area contributed by atoms with Crippen LogP contribution >= 0.6 is 11.3 Å². The highest BCUT2D eigenvalue weighted by molar-refractivity contribution is 7.07. The van der Waals surface area contributed by atoms with Crippen molar-refractivity contribution in [2.24, 2.45) is 4.99 Å². The molecule has 4 rings (SSSR count). The number of benzene rings is 2. The fraction of sp³-hybridized carbons (Fsp3) is 0.240. The number of thiazole rings is 1. The highest BCUT2D eigenvalue weighted by Gasteiger charge is 2.33. The summed E-state index contributed by atoms with van der Waals surface area (Å²) in [5.41, 5.74) is 3.27. The van der Waals surface area contributed by atoms with E-state index < -0.39 is 12.0 Å². The smallest absolute Gasteiger partial charge is 0.338 e. The van der Waals surface area contributed by atoms with Crippen LogP contribution in [0.3, 0.4) is 0 Å². The maximum atomic E-state index is 13.4. The number of hydrogen-bond donors (Lipinski definition) is 0. The quantitative estimate of drug-likeness (QED) is 0.570. The highest BCUT2D eigenvalue weighted by Crippen LogP contribution is 2.31. The Kier molecular flexibility index (Phi) is 5.93. The van der Waals surface area contributed by atoms with Crippen LogP contribution in [0.25, 0.3) is 6.08 Å². The summed E-state index contributed by atoms with van der Waals surface area (Å²) in [6.07, 6.45) is 1.71. The summed E-state index contributed by atoms with van der Waals surface area (Å²) in [5, 5.41) is 0. The number of carbonyl (C=O) groups is 1. The number of ether oxygens (including phenoxy) is 1. The highest BCUT2D eigenvalue weighted by atomic mass is 32.1. The molecule has 1 aromatic heterocycles. The van der Waals surface area contributed by atoms with Gasteiger partial charge in [-0.3, -0.25) is 9.36 Å². The van der Waals surface area contributed by atoms with Crippen molar-refractivity contribution >= 4 is 23.4 Å². The van der Waals surface area contributed by atoms with Crippen LogP contribution in [-0.4, -0.2) is 17.6 Å². The molecule has 164 valence electrons. The summed E-state index contributed by atoms with van der Waals surface area (Å²) in [6, 6.07) is 13.2. The number of halogens is 1. The van der Waals surface area contributed by atoms with Crippen LogP contribution in [0, 0.1) is 5.82 Å². The normalized spacial score (nSPS) is 16.2. The minimum atomic E-state index is -0.643. The van der Waals surface area contributed by atoms with E-state index in [1.807, 2.05) is 24.3 Å². The lowest BCUT2D eigenvalue weighted by Gasteiger charge is -2.24. The third-order valence-electron chi connectivity index (χ3n) is 5.51. The molecule has 0 N–H and O–H groups in total. The van der Waals surface area contributed by atoms with Crippen molar-refractivity contribution in [2.75, 3.05) is 7.11 Å². The van der Waals surface area contributed by atoms with Crippen LogP contribution in [0.15, 0.2) is 69.6 Å². The lowest BCUT2D eigenvalue weighted by Crippen LogP contribution is -2.39. The van der Waals surface area contributed by atoms with E-state index in [-0.39, 0.29) is 11.4 Å². The van der Waals surface area contributed by atoms with Crippen molar-refractivity contribution in [2.45, 2.75) is 32.7 Å². The lowest BCUT2D eigenvalue weighted by molar-refractivity contribution is -0.136. The van der Waals surface area contributed by atoms with Crippen molar-refractivity contribution in [1.82, 2.24) is 4.57 Å². The van der Waals surface area contributed by atoms with Gasteiger partial charge in [0.2, 0.25) is 0 Å². The number of allylic oxidation sites excluding steroid dienone is 1. The van der Waals surface area contributed by atoms with E-state index in [1.54, 1.807) is 29.7 Å². The van der Waals surface area contributed by atoms with Gasteiger partial charge >= 0.3 is 5.97 Å².